The van der Waals surface area contributed by atoms with Gasteiger partial charge in [-0.2, -0.15) is 0 Å². The molecule has 0 aromatic carbocycles. The van der Waals surface area contributed by atoms with E-state index in [1.165, 1.54) is 9.28 Å². The van der Waals surface area contributed by atoms with Gasteiger partial charge >= 0.3 is 0 Å². The van der Waals surface area contributed by atoms with E-state index in [0.717, 1.165) is 16.6 Å². The quantitative estimate of drug-likeness (QED) is 0.717. The van der Waals surface area contributed by atoms with E-state index >= 15 is 0 Å². The molecule has 0 fully saturated rings. The molecule has 0 bridgehead atoms. The molecule has 3 aromatic rings. The standard InChI is InChI=1S/C15H13Cl2N3OS/c1-19(9-12-3-4-13(17)22-12)8-11-6-15(21)20-7-10(16)2-5-14(20)18-11/h2-7H,8-9H2,1H3. The molecule has 0 radical (unpaired) electrons. The Balaban J connectivity index is 1.81. The molecular formula is C15H13Cl2N3OS. The smallest absolute Gasteiger partial charge is 0.258 e. The molecule has 0 saturated heterocycles. The van der Waals surface area contributed by atoms with Gasteiger partial charge in [-0.15, -0.1) is 11.3 Å². The van der Waals surface area contributed by atoms with E-state index < -0.39 is 0 Å². The van der Waals surface area contributed by atoms with Crippen molar-refractivity contribution in [2.75, 3.05) is 7.05 Å². The fourth-order valence-electron chi connectivity index (χ4n) is 2.24. The van der Waals surface area contributed by atoms with Crippen LogP contribution in [0.15, 0.2) is 41.3 Å². The highest BCUT2D eigenvalue weighted by Gasteiger charge is 2.08. The van der Waals surface area contributed by atoms with E-state index in [4.69, 9.17) is 23.2 Å². The van der Waals surface area contributed by atoms with Gasteiger partial charge in [-0.3, -0.25) is 14.1 Å². The lowest BCUT2D eigenvalue weighted by atomic mass is 10.3. The van der Waals surface area contributed by atoms with Gasteiger partial charge in [-0.05, 0) is 31.3 Å². The van der Waals surface area contributed by atoms with Crippen LogP contribution in [0.5, 0.6) is 0 Å². The normalized spacial score (nSPS) is 11.5. The van der Waals surface area contributed by atoms with Crippen molar-refractivity contribution in [3.63, 3.8) is 0 Å². The number of nitrogens with zero attached hydrogens (tertiary/aromatic N) is 3. The summed E-state index contributed by atoms with van der Waals surface area (Å²) in [6.07, 6.45) is 1.58. The number of hydrogen-bond acceptors (Lipinski definition) is 4. The molecule has 0 aliphatic carbocycles. The molecule has 3 aromatic heterocycles. The first-order chi connectivity index (χ1) is 10.5. The summed E-state index contributed by atoms with van der Waals surface area (Å²) >= 11 is 13.4. The van der Waals surface area contributed by atoms with Crippen LogP contribution in [0.3, 0.4) is 0 Å². The number of aromatic nitrogens is 2. The first-order valence-corrected chi connectivity index (χ1v) is 8.19. The van der Waals surface area contributed by atoms with Gasteiger partial charge in [0.05, 0.1) is 15.1 Å². The van der Waals surface area contributed by atoms with Gasteiger partial charge in [0, 0.05) is 30.2 Å². The maximum absolute atomic E-state index is 12.1. The molecule has 0 aliphatic rings. The van der Waals surface area contributed by atoms with Crippen molar-refractivity contribution in [2.45, 2.75) is 13.1 Å². The first-order valence-electron chi connectivity index (χ1n) is 6.62. The predicted octanol–water partition coefficient (Wildman–Crippen LogP) is 3.69. The van der Waals surface area contributed by atoms with Crippen molar-refractivity contribution < 1.29 is 0 Å². The third kappa shape index (κ3) is 3.50. The predicted molar refractivity (Wildman–Crippen MR) is 91.0 cm³/mol. The van der Waals surface area contributed by atoms with Crippen molar-refractivity contribution in [3.05, 3.63) is 66.8 Å². The second kappa shape index (κ2) is 6.38. The molecule has 0 N–H and O–H groups in total. The number of fused-ring (bicyclic) bond motifs is 1. The molecule has 3 heterocycles. The van der Waals surface area contributed by atoms with E-state index in [1.807, 2.05) is 19.2 Å². The number of pyridine rings is 1. The fourth-order valence-corrected chi connectivity index (χ4v) is 3.57. The number of thiophene rings is 1. The van der Waals surface area contributed by atoms with Crippen LogP contribution in [0.2, 0.25) is 9.36 Å². The van der Waals surface area contributed by atoms with Crippen molar-refractivity contribution in [2.24, 2.45) is 0 Å². The van der Waals surface area contributed by atoms with Crippen LogP contribution in [-0.4, -0.2) is 21.3 Å². The van der Waals surface area contributed by atoms with E-state index in [-0.39, 0.29) is 5.56 Å². The Morgan fingerprint density at radius 3 is 2.77 bits per heavy atom. The van der Waals surface area contributed by atoms with Gasteiger partial charge in [0.25, 0.3) is 5.56 Å². The van der Waals surface area contributed by atoms with Gasteiger partial charge in [0.1, 0.15) is 5.65 Å². The molecule has 0 amide bonds. The summed E-state index contributed by atoms with van der Waals surface area (Å²) < 4.78 is 2.23. The zero-order valence-corrected chi connectivity index (χ0v) is 14.1. The number of hydrogen-bond donors (Lipinski definition) is 0. The average molecular weight is 354 g/mol. The summed E-state index contributed by atoms with van der Waals surface area (Å²) in [5, 5.41) is 0.510. The minimum Gasteiger partial charge on any atom is -0.295 e. The van der Waals surface area contributed by atoms with Crippen LogP contribution in [0.4, 0.5) is 0 Å². The Morgan fingerprint density at radius 2 is 2.05 bits per heavy atom. The van der Waals surface area contributed by atoms with E-state index in [1.54, 1.807) is 35.7 Å². The van der Waals surface area contributed by atoms with Crippen molar-refractivity contribution in [1.82, 2.24) is 14.3 Å². The summed E-state index contributed by atoms with van der Waals surface area (Å²) in [5.74, 6) is 0. The molecule has 0 spiro atoms. The van der Waals surface area contributed by atoms with Gasteiger partial charge in [0.2, 0.25) is 0 Å². The Labute approximate surface area is 141 Å². The second-order valence-electron chi connectivity index (χ2n) is 5.04. The van der Waals surface area contributed by atoms with Crippen molar-refractivity contribution >= 4 is 40.2 Å². The van der Waals surface area contributed by atoms with Crippen LogP contribution in [0.1, 0.15) is 10.6 Å². The molecule has 0 unspecified atom stereocenters. The first kappa shape index (κ1) is 15.5. The zero-order chi connectivity index (χ0) is 15.7. The third-order valence-electron chi connectivity index (χ3n) is 3.16. The molecule has 0 saturated carbocycles. The molecule has 4 nitrogen and oxygen atoms in total. The molecule has 114 valence electrons. The summed E-state index contributed by atoms with van der Waals surface area (Å²) in [5.41, 5.74) is 1.20. The molecule has 7 heteroatoms. The largest absolute Gasteiger partial charge is 0.295 e. The SMILES string of the molecule is CN(Cc1cc(=O)n2cc(Cl)ccc2n1)Cc1ccc(Cl)s1. The lowest BCUT2D eigenvalue weighted by Gasteiger charge is -2.15. The van der Waals surface area contributed by atoms with Gasteiger partial charge < -0.3 is 0 Å². The van der Waals surface area contributed by atoms with Crippen molar-refractivity contribution in [3.8, 4) is 0 Å². The van der Waals surface area contributed by atoms with E-state index in [2.05, 4.69) is 9.88 Å². The van der Waals surface area contributed by atoms with E-state index in [0.29, 0.717) is 17.2 Å². The zero-order valence-electron chi connectivity index (χ0n) is 11.8. The highest BCUT2D eigenvalue weighted by atomic mass is 35.5. The summed E-state index contributed by atoms with van der Waals surface area (Å²) in [6.45, 7) is 1.35. The van der Waals surface area contributed by atoms with Crippen LogP contribution in [-0.2, 0) is 13.1 Å². The molecule has 0 atom stereocenters. The maximum Gasteiger partial charge on any atom is 0.258 e. The minimum absolute atomic E-state index is 0.130. The number of rotatable bonds is 4. The van der Waals surface area contributed by atoms with E-state index in [9.17, 15) is 4.79 Å². The lowest BCUT2D eigenvalue weighted by molar-refractivity contribution is 0.318. The molecular weight excluding hydrogens is 341 g/mol. The molecule has 3 rings (SSSR count). The van der Waals surface area contributed by atoms with Crippen LogP contribution in [0.25, 0.3) is 5.65 Å². The highest BCUT2D eigenvalue weighted by molar-refractivity contribution is 7.16. The monoisotopic (exact) mass is 353 g/mol. The van der Waals surface area contributed by atoms with Gasteiger partial charge in [-0.1, -0.05) is 23.2 Å². The minimum atomic E-state index is -0.130. The Kier molecular flexibility index (Phi) is 4.49. The van der Waals surface area contributed by atoms with Crippen molar-refractivity contribution in [1.29, 1.82) is 0 Å². The number of halogens is 2. The van der Waals surface area contributed by atoms with Crippen LogP contribution < -0.4 is 5.56 Å². The Bertz CT molecular complexity index is 875. The maximum atomic E-state index is 12.1. The molecule has 22 heavy (non-hydrogen) atoms. The second-order valence-corrected chi connectivity index (χ2v) is 7.28. The lowest BCUT2D eigenvalue weighted by Crippen LogP contribution is -2.21. The van der Waals surface area contributed by atoms with Crippen LogP contribution in [0, 0.1) is 0 Å². The summed E-state index contributed by atoms with van der Waals surface area (Å²) in [4.78, 5) is 19.9. The summed E-state index contributed by atoms with van der Waals surface area (Å²) in [7, 11) is 1.99. The van der Waals surface area contributed by atoms with Gasteiger partial charge in [0.15, 0.2) is 0 Å². The Hall–Kier alpha value is -1.40. The summed E-state index contributed by atoms with van der Waals surface area (Å²) in [6, 6.07) is 8.91. The average Bonchev–Trinajstić information content (AvgIpc) is 2.85. The fraction of sp³-hybridized carbons (Fsp3) is 0.200. The molecule has 0 aliphatic heterocycles. The third-order valence-corrected chi connectivity index (χ3v) is 4.60. The topological polar surface area (TPSA) is 37.6 Å². The highest BCUT2D eigenvalue weighted by Crippen LogP contribution is 2.22. The van der Waals surface area contributed by atoms with Crippen LogP contribution >= 0.6 is 34.5 Å². The van der Waals surface area contributed by atoms with Gasteiger partial charge in [-0.25, -0.2) is 4.98 Å². The Morgan fingerprint density at radius 1 is 1.23 bits per heavy atom.